The van der Waals surface area contributed by atoms with Gasteiger partial charge in [-0.3, -0.25) is 9.59 Å². The number of amides is 1. The zero-order chi connectivity index (χ0) is 15.5. The Hall–Kier alpha value is -1.76. The minimum absolute atomic E-state index is 0.145. The first-order valence-corrected chi connectivity index (χ1v) is 5.87. The first-order chi connectivity index (χ1) is 9.12. The predicted octanol–water partition coefficient (Wildman–Crippen LogP) is 2.70. The Morgan fingerprint density at radius 1 is 1.40 bits per heavy atom. The summed E-state index contributed by atoms with van der Waals surface area (Å²) < 4.78 is 37.2. The highest BCUT2D eigenvalue weighted by Crippen LogP contribution is 2.32. The van der Waals surface area contributed by atoms with E-state index in [1.165, 1.54) is 6.92 Å². The molecule has 1 aromatic carbocycles. The van der Waals surface area contributed by atoms with Crippen LogP contribution in [0.2, 0.25) is 5.02 Å². The highest BCUT2D eigenvalue weighted by molar-refractivity contribution is 6.31. The van der Waals surface area contributed by atoms with Gasteiger partial charge in [0.1, 0.15) is 5.92 Å². The number of carbonyl (C=O) groups is 2. The molecule has 1 amide bonds. The van der Waals surface area contributed by atoms with Crippen LogP contribution in [0.5, 0.6) is 0 Å². The lowest BCUT2D eigenvalue weighted by Gasteiger charge is -2.12. The summed E-state index contributed by atoms with van der Waals surface area (Å²) in [6, 6.07) is 2.73. The van der Waals surface area contributed by atoms with E-state index in [1.807, 2.05) is 0 Å². The fourth-order valence-corrected chi connectivity index (χ4v) is 1.56. The van der Waals surface area contributed by atoms with E-state index in [0.29, 0.717) is 0 Å². The molecule has 0 bridgehead atoms. The van der Waals surface area contributed by atoms with Crippen LogP contribution < -0.4 is 5.32 Å². The molecule has 4 nitrogen and oxygen atoms in total. The smallest absolute Gasteiger partial charge is 0.416 e. The molecular formula is C12H11ClF3NO3. The summed E-state index contributed by atoms with van der Waals surface area (Å²) in [6.45, 7) is 1.06. The second-order valence-electron chi connectivity index (χ2n) is 4.08. The fourth-order valence-electron chi connectivity index (χ4n) is 1.31. The number of rotatable bonds is 4. The Labute approximate surface area is 117 Å². The summed E-state index contributed by atoms with van der Waals surface area (Å²) in [5.41, 5.74) is -0.623. The molecule has 1 rings (SSSR count). The number of alkyl halides is 3. The van der Waals surface area contributed by atoms with Gasteiger partial charge in [-0.15, -0.1) is 0 Å². The van der Waals surface area contributed by atoms with E-state index in [4.69, 9.17) is 16.7 Å². The van der Waals surface area contributed by atoms with Gasteiger partial charge in [-0.05, 0) is 24.6 Å². The highest BCUT2D eigenvalue weighted by Gasteiger charge is 2.30. The van der Waals surface area contributed by atoms with E-state index in [2.05, 4.69) is 5.32 Å². The lowest BCUT2D eigenvalue weighted by Crippen LogP contribution is -2.33. The standard InChI is InChI=1S/C12H11ClF3NO3/c1-6(11(19)20)10(18)17-5-7-2-3-8(4-9(7)13)12(14,15)16/h2-4,6H,5H2,1H3,(H,17,18)(H,19,20). The third kappa shape index (κ3) is 4.12. The highest BCUT2D eigenvalue weighted by atomic mass is 35.5. The van der Waals surface area contributed by atoms with Crippen molar-refractivity contribution in [2.24, 2.45) is 5.92 Å². The van der Waals surface area contributed by atoms with Gasteiger partial charge in [0.05, 0.1) is 5.56 Å². The fraction of sp³-hybridized carbons (Fsp3) is 0.333. The van der Waals surface area contributed by atoms with Crippen LogP contribution in [0.25, 0.3) is 0 Å². The summed E-state index contributed by atoms with van der Waals surface area (Å²) in [5, 5.41) is 10.8. The molecular weight excluding hydrogens is 299 g/mol. The van der Waals surface area contributed by atoms with Crippen molar-refractivity contribution in [1.82, 2.24) is 5.32 Å². The predicted molar refractivity (Wildman–Crippen MR) is 65.1 cm³/mol. The topological polar surface area (TPSA) is 66.4 Å². The second-order valence-corrected chi connectivity index (χ2v) is 4.49. The molecule has 110 valence electrons. The van der Waals surface area contributed by atoms with Crippen molar-refractivity contribution < 1.29 is 27.9 Å². The molecule has 8 heteroatoms. The lowest BCUT2D eigenvalue weighted by molar-refractivity contribution is -0.146. The third-order valence-electron chi connectivity index (χ3n) is 2.60. The van der Waals surface area contributed by atoms with E-state index < -0.39 is 29.5 Å². The number of carbonyl (C=O) groups excluding carboxylic acids is 1. The maximum absolute atomic E-state index is 12.4. The van der Waals surface area contributed by atoms with Crippen LogP contribution in [0.1, 0.15) is 18.1 Å². The van der Waals surface area contributed by atoms with Crippen LogP contribution in [0.3, 0.4) is 0 Å². The van der Waals surface area contributed by atoms with E-state index in [9.17, 15) is 22.8 Å². The van der Waals surface area contributed by atoms with Gasteiger partial charge < -0.3 is 10.4 Å². The maximum atomic E-state index is 12.4. The van der Waals surface area contributed by atoms with Crippen molar-refractivity contribution >= 4 is 23.5 Å². The van der Waals surface area contributed by atoms with Crippen molar-refractivity contribution in [2.75, 3.05) is 0 Å². The average molecular weight is 310 g/mol. The molecule has 0 aliphatic heterocycles. The van der Waals surface area contributed by atoms with Gasteiger partial charge in [-0.25, -0.2) is 0 Å². The van der Waals surface area contributed by atoms with E-state index >= 15 is 0 Å². The third-order valence-corrected chi connectivity index (χ3v) is 2.95. The molecule has 0 radical (unpaired) electrons. The van der Waals surface area contributed by atoms with Crippen molar-refractivity contribution in [3.8, 4) is 0 Å². The van der Waals surface area contributed by atoms with E-state index in [0.717, 1.165) is 18.2 Å². The van der Waals surface area contributed by atoms with Crippen molar-refractivity contribution in [2.45, 2.75) is 19.6 Å². The Bertz CT molecular complexity index is 531. The minimum Gasteiger partial charge on any atom is -0.481 e. The van der Waals surface area contributed by atoms with Gasteiger partial charge in [0.15, 0.2) is 0 Å². The number of carboxylic acid groups (broad SMARTS) is 1. The number of carboxylic acids is 1. The Balaban J connectivity index is 2.75. The molecule has 0 aromatic heterocycles. The average Bonchev–Trinajstić information content (AvgIpc) is 2.34. The molecule has 0 spiro atoms. The molecule has 2 N–H and O–H groups in total. The molecule has 1 aromatic rings. The number of halogens is 4. The first kappa shape index (κ1) is 16.3. The summed E-state index contributed by atoms with van der Waals surface area (Å²) in [4.78, 5) is 21.9. The molecule has 0 aliphatic carbocycles. The van der Waals surface area contributed by atoms with Gasteiger partial charge in [0.25, 0.3) is 0 Å². The summed E-state index contributed by atoms with van der Waals surface area (Å²) in [5.74, 6) is -3.28. The van der Waals surface area contributed by atoms with Gasteiger partial charge in [0, 0.05) is 11.6 Å². The molecule has 1 atom stereocenters. The Morgan fingerprint density at radius 2 is 2.00 bits per heavy atom. The summed E-state index contributed by atoms with van der Waals surface area (Å²) in [7, 11) is 0. The Kier molecular flexibility index (Phi) is 4.99. The molecule has 1 unspecified atom stereocenters. The molecule has 0 aliphatic rings. The van der Waals surface area contributed by atoms with Crippen LogP contribution in [0.4, 0.5) is 13.2 Å². The van der Waals surface area contributed by atoms with Gasteiger partial charge in [0.2, 0.25) is 5.91 Å². The van der Waals surface area contributed by atoms with Crippen LogP contribution >= 0.6 is 11.6 Å². The summed E-state index contributed by atoms with van der Waals surface area (Å²) in [6.07, 6.45) is -4.50. The van der Waals surface area contributed by atoms with Crippen molar-refractivity contribution in [3.05, 3.63) is 34.3 Å². The van der Waals surface area contributed by atoms with Gasteiger partial charge in [-0.1, -0.05) is 17.7 Å². The SMILES string of the molecule is CC(C(=O)O)C(=O)NCc1ccc(C(F)(F)F)cc1Cl. The molecule has 20 heavy (non-hydrogen) atoms. The van der Waals surface area contributed by atoms with Crippen LogP contribution in [0.15, 0.2) is 18.2 Å². The van der Waals surface area contributed by atoms with Crippen molar-refractivity contribution in [3.63, 3.8) is 0 Å². The Morgan fingerprint density at radius 3 is 2.45 bits per heavy atom. The quantitative estimate of drug-likeness (QED) is 0.840. The van der Waals surface area contributed by atoms with Gasteiger partial charge >= 0.3 is 12.1 Å². The molecule has 0 saturated heterocycles. The summed E-state index contributed by atoms with van der Waals surface area (Å²) >= 11 is 5.69. The van der Waals surface area contributed by atoms with Crippen LogP contribution in [-0.4, -0.2) is 17.0 Å². The minimum atomic E-state index is -4.50. The van der Waals surface area contributed by atoms with Crippen LogP contribution in [-0.2, 0) is 22.3 Å². The number of nitrogens with one attached hydrogen (secondary N) is 1. The molecule has 0 fully saturated rings. The van der Waals surface area contributed by atoms with Gasteiger partial charge in [-0.2, -0.15) is 13.2 Å². The lowest BCUT2D eigenvalue weighted by atomic mass is 10.1. The molecule has 0 saturated carbocycles. The monoisotopic (exact) mass is 309 g/mol. The second kappa shape index (κ2) is 6.13. The zero-order valence-electron chi connectivity index (χ0n) is 10.3. The normalized spacial score (nSPS) is 12.8. The first-order valence-electron chi connectivity index (χ1n) is 5.49. The molecule has 0 heterocycles. The maximum Gasteiger partial charge on any atom is 0.416 e. The number of hydrogen-bond acceptors (Lipinski definition) is 2. The van der Waals surface area contributed by atoms with Crippen molar-refractivity contribution in [1.29, 1.82) is 0 Å². The van der Waals surface area contributed by atoms with E-state index in [1.54, 1.807) is 0 Å². The number of benzene rings is 1. The number of aliphatic carboxylic acids is 1. The largest absolute Gasteiger partial charge is 0.481 e. The van der Waals surface area contributed by atoms with Crippen LogP contribution in [0, 0.1) is 5.92 Å². The zero-order valence-corrected chi connectivity index (χ0v) is 11.0. The van der Waals surface area contributed by atoms with E-state index in [-0.39, 0.29) is 17.1 Å². The number of hydrogen-bond donors (Lipinski definition) is 2.